The third-order valence-electron chi connectivity index (χ3n) is 4.89. The second kappa shape index (κ2) is 8.01. The molecule has 0 aliphatic carbocycles. The first-order chi connectivity index (χ1) is 12.2. The molecule has 1 aliphatic rings. The van der Waals surface area contributed by atoms with E-state index in [0.29, 0.717) is 0 Å². The van der Waals surface area contributed by atoms with Crippen molar-refractivity contribution in [3.63, 3.8) is 0 Å². The summed E-state index contributed by atoms with van der Waals surface area (Å²) in [7, 11) is 0. The Balaban J connectivity index is 1.81. The first-order valence-electron chi connectivity index (χ1n) is 9.03. The monoisotopic (exact) mass is 339 g/mol. The van der Waals surface area contributed by atoms with E-state index in [2.05, 4.69) is 17.1 Å². The Hall–Kier alpha value is -2.56. The topological polar surface area (TPSA) is 58.4 Å². The Kier molecular flexibility index (Phi) is 5.53. The lowest BCUT2D eigenvalue weighted by Gasteiger charge is -2.33. The molecule has 0 bridgehead atoms. The second-order valence-electron chi connectivity index (χ2n) is 6.67. The predicted molar refractivity (Wildman–Crippen MR) is 103 cm³/mol. The van der Waals surface area contributed by atoms with Crippen molar-refractivity contribution in [3.05, 3.63) is 58.6 Å². The largest absolute Gasteiger partial charge is 0.366 e. The molecule has 0 atom stereocenters. The van der Waals surface area contributed by atoms with Gasteiger partial charge in [0, 0.05) is 30.5 Å². The highest BCUT2D eigenvalue weighted by Crippen LogP contribution is 2.35. The highest BCUT2D eigenvalue weighted by atomic mass is 16.6. The van der Waals surface area contributed by atoms with Gasteiger partial charge in [-0.15, -0.1) is 0 Å². The standard InChI is InChI=1S/C20H25N3O2/c1-2-6-16-11-13-22(14-12-16)20-15-18(9-10-19(20)23(24)25)21-17-7-4-3-5-8-17/h3-5,7-10,15-16,21H,2,6,11-14H2,1H3. The maximum Gasteiger partial charge on any atom is 0.292 e. The lowest BCUT2D eigenvalue weighted by atomic mass is 9.92. The number of nitrogens with one attached hydrogen (secondary N) is 1. The molecule has 0 amide bonds. The molecule has 5 heteroatoms. The SMILES string of the molecule is CCCC1CCN(c2cc(Nc3ccccc3)ccc2[N+](=O)[O-])CC1. The maximum atomic E-state index is 11.5. The molecular weight excluding hydrogens is 314 g/mol. The van der Waals surface area contributed by atoms with E-state index in [0.717, 1.165) is 48.9 Å². The number of rotatable bonds is 6. The number of hydrogen-bond donors (Lipinski definition) is 1. The van der Waals surface area contributed by atoms with Crippen molar-refractivity contribution >= 4 is 22.7 Å². The minimum Gasteiger partial charge on any atom is -0.366 e. The molecule has 0 spiro atoms. The minimum absolute atomic E-state index is 0.188. The van der Waals surface area contributed by atoms with Crippen LogP contribution in [-0.4, -0.2) is 18.0 Å². The summed E-state index contributed by atoms with van der Waals surface area (Å²) in [6, 6.07) is 15.2. The number of para-hydroxylation sites is 1. The fourth-order valence-electron chi connectivity index (χ4n) is 3.57. The van der Waals surface area contributed by atoms with E-state index in [9.17, 15) is 10.1 Å². The van der Waals surface area contributed by atoms with Crippen LogP contribution in [0.3, 0.4) is 0 Å². The molecule has 3 rings (SSSR count). The van der Waals surface area contributed by atoms with Crippen LogP contribution in [0.2, 0.25) is 0 Å². The second-order valence-corrected chi connectivity index (χ2v) is 6.67. The van der Waals surface area contributed by atoms with E-state index in [1.807, 2.05) is 36.4 Å². The number of benzene rings is 2. The summed E-state index contributed by atoms with van der Waals surface area (Å²) in [5.74, 6) is 0.755. The molecule has 1 aliphatic heterocycles. The van der Waals surface area contributed by atoms with Crippen LogP contribution in [0.25, 0.3) is 0 Å². The van der Waals surface area contributed by atoms with E-state index >= 15 is 0 Å². The summed E-state index contributed by atoms with van der Waals surface area (Å²) in [4.78, 5) is 13.3. The molecule has 1 fully saturated rings. The van der Waals surface area contributed by atoms with Crippen molar-refractivity contribution in [3.8, 4) is 0 Å². The number of nitro benzene ring substituents is 1. The smallest absolute Gasteiger partial charge is 0.292 e. The van der Waals surface area contributed by atoms with Gasteiger partial charge in [0.2, 0.25) is 0 Å². The average Bonchev–Trinajstić information content (AvgIpc) is 2.63. The van der Waals surface area contributed by atoms with Crippen molar-refractivity contribution in [2.45, 2.75) is 32.6 Å². The van der Waals surface area contributed by atoms with Gasteiger partial charge in [0.15, 0.2) is 0 Å². The molecule has 1 saturated heterocycles. The van der Waals surface area contributed by atoms with Crippen LogP contribution in [-0.2, 0) is 0 Å². The third-order valence-corrected chi connectivity index (χ3v) is 4.89. The number of anilines is 3. The summed E-state index contributed by atoms with van der Waals surface area (Å²) >= 11 is 0. The Morgan fingerprint density at radius 2 is 1.84 bits per heavy atom. The number of nitro groups is 1. The molecule has 132 valence electrons. The van der Waals surface area contributed by atoms with Gasteiger partial charge in [-0.3, -0.25) is 10.1 Å². The summed E-state index contributed by atoms with van der Waals surface area (Å²) in [5.41, 5.74) is 2.76. The van der Waals surface area contributed by atoms with Crippen LogP contribution in [0.4, 0.5) is 22.7 Å². The molecule has 1 N–H and O–H groups in total. The van der Waals surface area contributed by atoms with Crippen molar-refractivity contribution in [2.24, 2.45) is 5.92 Å². The van der Waals surface area contributed by atoms with E-state index in [1.165, 1.54) is 12.8 Å². The van der Waals surface area contributed by atoms with Crippen LogP contribution < -0.4 is 10.2 Å². The van der Waals surface area contributed by atoms with Gasteiger partial charge < -0.3 is 10.2 Å². The minimum atomic E-state index is -0.278. The maximum absolute atomic E-state index is 11.5. The van der Waals surface area contributed by atoms with Crippen LogP contribution in [0, 0.1) is 16.0 Å². The Labute approximate surface area is 148 Å². The fraction of sp³-hybridized carbons (Fsp3) is 0.400. The van der Waals surface area contributed by atoms with Crippen LogP contribution >= 0.6 is 0 Å². The van der Waals surface area contributed by atoms with Gasteiger partial charge in [-0.05, 0) is 43.0 Å². The van der Waals surface area contributed by atoms with Crippen LogP contribution in [0.15, 0.2) is 48.5 Å². The quantitative estimate of drug-likeness (QED) is 0.569. The molecule has 2 aromatic rings. The summed E-state index contributed by atoms with van der Waals surface area (Å²) in [5, 5.41) is 14.8. The predicted octanol–water partition coefficient (Wildman–Crippen LogP) is 5.35. The summed E-state index contributed by atoms with van der Waals surface area (Å²) in [6.07, 6.45) is 4.69. The van der Waals surface area contributed by atoms with Crippen molar-refractivity contribution in [1.82, 2.24) is 0 Å². The molecule has 0 aromatic heterocycles. The molecular formula is C20H25N3O2. The lowest BCUT2D eigenvalue weighted by Crippen LogP contribution is -2.34. The zero-order chi connectivity index (χ0) is 17.6. The summed E-state index contributed by atoms with van der Waals surface area (Å²) in [6.45, 7) is 4.00. The molecule has 25 heavy (non-hydrogen) atoms. The highest BCUT2D eigenvalue weighted by molar-refractivity contribution is 5.72. The molecule has 1 heterocycles. The number of piperidine rings is 1. The van der Waals surface area contributed by atoms with Crippen molar-refractivity contribution < 1.29 is 4.92 Å². The lowest BCUT2D eigenvalue weighted by molar-refractivity contribution is -0.384. The van der Waals surface area contributed by atoms with Gasteiger partial charge in [-0.25, -0.2) is 0 Å². The van der Waals surface area contributed by atoms with E-state index < -0.39 is 0 Å². The zero-order valence-corrected chi connectivity index (χ0v) is 14.6. The third kappa shape index (κ3) is 4.29. The molecule has 0 radical (unpaired) electrons. The average molecular weight is 339 g/mol. The van der Waals surface area contributed by atoms with Crippen molar-refractivity contribution in [2.75, 3.05) is 23.3 Å². The van der Waals surface area contributed by atoms with Gasteiger partial charge >= 0.3 is 0 Å². The first-order valence-corrected chi connectivity index (χ1v) is 9.03. The van der Waals surface area contributed by atoms with Crippen LogP contribution in [0.1, 0.15) is 32.6 Å². The first kappa shape index (κ1) is 17.3. The number of hydrogen-bond acceptors (Lipinski definition) is 4. The molecule has 5 nitrogen and oxygen atoms in total. The highest BCUT2D eigenvalue weighted by Gasteiger charge is 2.24. The zero-order valence-electron chi connectivity index (χ0n) is 14.6. The van der Waals surface area contributed by atoms with E-state index in [-0.39, 0.29) is 10.6 Å². The van der Waals surface area contributed by atoms with Gasteiger partial charge in [-0.2, -0.15) is 0 Å². The van der Waals surface area contributed by atoms with Crippen molar-refractivity contribution in [1.29, 1.82) is 0 Å². The summed E-state index contributed by atoms with van der Waals surface area (Å²) < 4.78 is 0. The normalized spacial score (nSPS) is 15.2. The Bertz CT molecular complexity index is 710. The van der Waals surface area contributed by atoms with Crippen LogP contribution in [0.5, 0.6) is 0 Å². The van der Waals surface area contributed by atoms with Gasteiger partial charge in [-0.1, -0.05) is 38.0 Å². The Morgan fingerprint density at radius 1 is 1.12 bits per heavy atom. The fourth-order valence-corrected chi connectivity index (χ4v) is 3.57. The van der Waals surface area contributed by atoms with E-state index in [4.69, 9.17) is 0 Å². The molecule has 2 aromatic carbocycles. The van der Waals surface area contributed by atoms with E-state index in [1.54, 1.807) is 12.1 Å². The Morgan fingerprint density at radius 3 is 2.48 bits per heavy atom. The molecule has 0 unspecified atom stereocenters. The van der Waals surface area contributed by atoms with Gasteiger partial charge in [0.25, 0.3) is 5.69 Å². The van der Waals surface area contributed by atoms with Gasteiger partial charge in [0.05, 0.1) is 4.92 Å². The molecule has 0 saturated carbocycles. The van der Waals surface area contributed by atoms with Gasteiger partial charge in [0.1, 0.15) is 5.69 Å². The number of nitrogens with zero attached hydrogens (tertiary/aromatic N) is 2.